The molecule has 0 spiro atoms. The van der Waals surface area contributed by atoms with Crippen molar-refractivity contribution >= 4 is 40.3 Å². The monoisotopic (exact) mass is 326 g/mol. The Kier molecular flexibility index (Phi) is 4.36. The Bertz CT molecular complexity index is 756. The van der Waals surface area contributed by atoms with Crippen LogP contribution >= 0.6 is 24.0 Å². The summed E-state index contributed by atoms with van der Waals surface area (Å²) < 4.78 is 0.591. The lowest BCUT2D eigenvalue weighted by atomic mass is 10.2. The molecule has 3 nitrogen and oxygen atoms in total. The van der Waals surface area contributed by atoms with Gasteiger partial charge in [0.25, 0.3) is 5.91 Å². The molecule has 1 aliphatic rings. The number of thiocarbonyl (C=S) groups is 1. The van der Waals surface area contributed by atoms with Crippen LogP contribution in [0.4, 0.5) is 0 Å². The average molecular weight is 326 g/mol. The van der Waals surface area contributed by atoms with Gasteiger partial charge in [-0.05, 0) is 30.7 Å². The molecule has 1 fully saturated rings. The van der Waals surface area contributed by atoms with Gasteiger partial charge in [-0.2, -0.15) is 0 Å². The largest absolute Gasteiger partial charge is 0.288 e. The van der Waals surface area contributed by atoms with Crippen molar-refractivity contribution < 1.29 is 4.79 Å². The van der Waals surface area contributed by atoms with E-state index in [0.29, 0.717) is 15.8 Å². The van der Waals surface area contributed by atoms with E-state index in [4.69, 9.17) is 12.2 Å². The molecule has 110 valence electrons. The molecule has 1 aliphatic heterocycles. The molecule has 0 atom stereocenters. The normalized spacial score (nSPS) is 16.6. The van der Waals surface area contributed by atoms with Crippen molar-refractivity contribution in [1.29, 1.82) is 0 Å². The minimum atomic E-state index is -0.0536. The number of benzene rings is 1. The smallest absolute Gasteiger partial charge is 0.266 e. The number of aryl methyl sites for hydroxylation is 1. The molecule has 1 amide bonds. The molecule has 1 saturated heterocycles. The fourth-order valence-electron chi connectivity index (χ4n) is 2.18. The standard InChI is InChI=1S/C17H14N2OS2/c1-12-6-5-9-14(18-12)10-15-16(20)19(17(21)22-15)11-13-7-3-2-4-8-13/h2-10H,11H2,1H3/b15-10+. The van der Waals surface area contributed by atoms with Gasteiger partial charge in [0, 0.05) is 5.69 Å². The Morgan fingerprint density at radius 1 is 1.18 bits per heavy atom. The van der Waals surface area contributed by atoms with E-state index in [1.165, 1.54) is 11.8 Å². The van der Waals surface area contributed by atoms with Crippen molar-refractivity contribution in [2.75, 3.05) is 0 Å². The van der Waals surface area contributed by atoms with Crippen LogP contribution < -0.4 is 0 Å². The van der Waals surface area contributed by atoms with Gasteiger partial charge in [0.2, 0.25) is 0 Å². The highest BCUT2D eigenvalue weighted by Gasteiger charge is 2.31. The summed E-state index contributed by atoms with van der Waals surface area (Å²) in [7, 11) is 0. The summed E-state index contributed by atoms with van der Waals surface area (Å²) in [6, 6.07) is 15.6. The summed E-state index contributed by atoms with van der Waals surface area (Å²) in [5.41, 5.74) is 2.77. The van der Waals surface area contributed by atoms with E-state index in [-0.39, 0.29) is 5.91 Å². The van der Waals surface area contributed by atoms with Crippen molar-refractivity contribution in [2.45, 2.75) is 13.5 Å². The molecule has 5 heteroatoms. The number of aromatic nitrogens is 1. The summed E-state index contributed by atoms with van der Waals surface area (Å²) in [6.45, 7) is 2.43. The van der Waals surface area contributed by atoms with Crippen LogP contribution in [0, 0.1) is 6.92 Å². The summed E-state index contributed by atoms with van der Waals surface area (Å²) in [4.78, 5) is 19.2. The van der Waals surface area contributed by atoms with E-state index >= 15 is 0 Å². The lowest BCUT2D eigenvalue weighted by Gasteiger charge is -2.14. The van der Waals surface area contributed by atoms with Gasteiger partial charge in [0.1, 0.15) is 4.32 Å². The summed E-state index contributed by atoms with van der Waals surface area (Å²) in [5, 5.41) is 0. The number of hydrogen-bond acceptors (Lipinski definition) is 4. The molecular weight excluding hydrogens is 312 g/mol. The van der Waals surface area contributed by atoms with Crippen LogP contribution in [0.1, 0.15) is 17.0 Å². The molecule has 3 rings (SSSR count). The highest BCUT2D eigenvalue weighted by Crippen LogP contribution is 2.33. The maximum atomic E-state index is 12.5. The lowest BCUT2D eigenvalue weighted by molar-refractivity contribution is -0.122. The molecule has 22 heavy (non-hydrogen) atoms. The van der Waals surface area contributed by atoms with E-state index < -0.39 is 0 Å². The first-order valence-corrected chi connectivity index (χ1v) is 8.09. The fraction of sp³-hybridized carbons (Fsp3) is 0.118. The van der Waals surface area contributed by atoms with E-state index in [0.717, 1.165) is 17.0 Å². The van der Waals surface area contributed by atoms with Crippen molar-refractivity contribution in [3.63, 3.8) is 0 Å². The van der Waals surface area contributed by atoms with Crippen molar-refractivity contribution in [3.8, 4) is 0 Å². The molecule has 2 heterocycles. The van der Waals surface area contributed by atoms with Gasteiger partial charge >= 0.3 is 0 Å². The molecule has 0 N–H and O–H groups in total. The third kappa shape index (κ3) is 3.26. The molecule has 0 saturated carbocycles. The Morgan fingerprint density at radius 3 is 2.68 bits per heavy atom. The minimum Gasteiger partial charge on any atom is -0.288 e. The van der Waals surface area contributed by atoms with Gasteiger partial charge in [-0.25, -0.2) is 0 Å². The maximum Gasteiger partial charge on any atom is 0.266 e. The highest BCUT2D eigenvalue weighted by molar-refractivity contribution is 8.26. The number of pyridine rings is 1. The molecule has 2 aromatic rings. The van der Waals surface area contributed by atoms with Gasteiger partial charge in [0.05, 0.1) is 17.1 Å². The molecular formula is C17H14N2OS2. The maximum absolute atomic E-state index is 12.5. The van der Waals surface area contributed by atoms with E-state index in [2.05, 4.69) is 4.98 Å². The Labute approximate surface area is 139 Å². The van der Waals surface area contributed by atoms with Crippen LogP contribution in [-0.2, 0) is 11.3 Å². The van der Waals surface area contributed by atoms with Crippen LogP contribution in [0.15, 0.2) is 53.4 Å². The van der Waals surface area contributed by atoms with Gasteiger partial charge < -0.3 is 0 Å². The molecule has 1 aromatic heterocycles. The predicted octanol–water partition coefficient (Wildman–Crippen LogP) is 3.79. The molecule has 0 unspecified atom stereocenters. The number of thioether (sulfide) groups is 1. The van der Waals surface area contributed by atoms with Gasteiger partial charge in [-0.15, -0.1) is 0 Å². The van der Waals surface area contributed by atoms with Crippen LogP contribution in [0.3, 0.4) is 0 Å². The SMILES string of the molecule is Cc1cccc(/C=C2/SC(=S)N(Cc3ccccc3)C2=O)n1. The summed E-state index contributed by atoms with van der Waals surface area (Å²) >= 11 is 6.67. The van der Waals surface area contributed by atoms with Crippen molar-refractivity contribution in [1.82, 2.24) is 9.88 Å². The summed E-state index contributed by atoms with van der Waals surface area (Å²) in [6.07, 6.45) is 1.80. The zero-order valence-electron chi connectivity index (χ0n) is 12.0. The first kappa shape index (κ1) is 14.9. The van der Waals surface area contributed by atoms with E-state index in [1.54, 1.807) is 11.0 Å². The van der Waals surface area contributed by atoms with Gasteiger partial charge in [-0.1, -0.05) is 60.4 Å². The summed E-state index contributed by atoms with van der Waals surface area (Å²) in [5.74, 6) is -0.0536. The zero-order valence-corrected chi connectivity index (χ0v) is 13.7. The Hall–Kier alpha value is -1.98. The average Bonchev–Trinajstić information content (AvgIpc) is 2.76. The molecule has 0 bridgehead atoms. The third-order valence-electron chi connectivity index (χ3n) is 3.25. The first-order valence-electron chi connectivity index (χ1n) is 6.86. The van der Waals surface area contributed by atoms with E-state index in [1.807, 2.05) is 55.5 Å². The second-order valence-corrected chi connectivity index (χ2v) is 6.63. The number of rotatable bonds is 3. The van der Waals surface area contributed by atoms with Gasteiger partial charge in [0.15, 0.2) is 0 Å². The second kappa shape index (κ2) is 6.42. The minimum absolute atomic E-state index is 0.0536. The number of carbonyl (C=O) groups excluding carboxylic acids is 1. The predicted molar refractivity (Wildman–Crippen MR) is 94.1 cm³/mol. The van der Waals surface area contributed by atoms with Crippen LogP contribution in [0.5, 0.6) is 0 Å². The Balaban J connectivity index is 1.82. The fourth-order valence-corrected chi connectivity index (χ4v) is 3.42. The molecule has 0 radical (unpaired) electrons. The Morgan fingerprint density at radius 2 is 1.95 bits per heavy atom. The lowest BCUT2D eigenvalue weighted by Crippen LogP contribution is -2.27. The van der Waals surface area contributed by atoms with Crippen LogP contribution in [0.25, 0.3) is 6.08 Å². The number of nitrogens with zero attached hydrogens (tertiary/aromatic N) is 2. The number of hydrogen-bond donors (Lipinski definition) is 0. The topological polar surface area (TPSA) is 33.2 Å². The number of amides is 1. The number of carbonyl (C=O) groups is 1. The van der Waals surface area contributed by atoms with Crippen LogP contribution in [-0.4, -0.2) is 20.1 Å². The van der Waals surface area contributed by atoms with Crippen molar-refractivity contribution in [3.05, 3.63) is 70.4 Å². The van der Waals surface area contributed by atoms with Gasteiger partial charge in [-0.3, -0.25) is 14.7 Å². The third-order valence-corrected chi connectivity index (χ3v) is 4.62. The second-order valence-electron chi connectivity index (χ2n) is 4.96. The first-order chi connectivity index (χ1) is 10.6. The van der Waals surface area contributed by atoms with Crippen molar-refractivity contribution in [2.24, 2.45) is 0 Å². The molecule has 1 aromatic carbocycles. The van der Waals surface area contributed by atoms with Crippen LogP contribution in [0.2, 0.25) is 0 Å². The van der Waals surface area contributed by atoms with E-state index in [9.17, 15) is 4.79 Å². The quantitative estimate of drug-likeness (QED) is 0.635. The zero-order chi connectivity index (χ0) is 15.5. The molecule has 0 aliphatic carbocycles. The highest BCUT2D eigenvalue weighted by atomic mass is 32.2.